The number of halogens is 1. The Morgan fingerprint density at radius 2 is 1.74 bits per heavy atom. The van der Waals surface area contributed by atoms with E-state index >= 15 is 0 Å². The van der Waals surface area contributed by atoms with Crippen LogP contribution in [-0.4, -0.2) is 20.7 Å². The summed E-state index contributed by atoms with van der Waals surface area (Å²) in [4.78, 5) is 30.5. The van der Waals surface area contributed by atoms with Crippen LogP contribution in [0.2, 0.25) is 5.02 Å². The van der Waals surface area contributed by atoms with Gasteiger partial charge in [0.2, 0.25) is 0 Å². The van der Waals surface area contributed by atoms with E-state index in [2.05, 4.69) is 15.4 Å². The molecule has 31 heavy (non-hydrogen) atoms. The van der Waals surface area contributed by atoms with Crippen LogP contribution >= 0.6 is 22.9 Å². The van der Waals surface area contributed by atoms with E-state index < -0.39 is 5.91 Å². The van der Waals surface area contributed by atoms with Crippen LogP contribution in [0, 0.1) is 0 Å². The zero-order chi connectivity index (χ0) is 21.4. The van der Waals surface area contributed by atoms with Gasteiger partial charge in [0.25, 0.3) is 11.5 Å². The van der Waals surface area contributed by atoms with Crippen LogP contribution in [0.5, 0.6) is 0 Å². The van der Waals surface area contributed by atoms with Gasteiger partial charge < -0.3 is 0 Å². The van der Waals surface area contributed by atoms with Gasteiger partial charge in [0.05, 0.1) is 22.1 Å². The van der Waals surface area contributed by atoms with E-state index in [4.69, 9.17) is 11.6 Å². The van der Waals surface area contributed by atoms with Crippen LogP contribution in [0.4, 0.5) is 5.13 Å². The first-order chi connectivity index (χ1) is 15.1. The summed E-state index contributed by atoms with van der Waals surface area (Å²) in [6.45, 7) is 0.268. The summed E-state index contributed by atoms with van der Waals surface area (Å²) in [5.41, 5.74) is 1.59. The third kappa shape index (κ3) is 3.81. The summed E-state index contributed by atoms with van der Waals surface area (Å²) < 4.78 is 2.19. The topological polar surface area (TPSA) is 76.9 Å². The number of nitrogens with zero attached hydrogens (tertiary/aromatic N) is 3. The lowest BCUT2D eigenvalue weighted by Gasteiger charge is -2.10. The summed E-state index contributed by atoms with van der Waals surface area (Å²) in [7, 11) is 0. The number of hydrogen-bond donors (Lipinski definition) is 1. The molecule has 2 aromatic heterocycles. The number of aromatic nitrogens is 3. The van der Waals surface area contributed by atoms with E-state index in [0.717, 1.165) is 15.8 Å². The Hall–Kier alpha value is -3.55. The molecule has 8 heteroatoms. The summed E-state index contributed by atoms with van der Waals surface area (Å²) in [5, 5.41) is 9.21. The quantitative estimate of drug-likeness (QED) is 0.423. The highest BCUT2D eigenvalue weighted by Gasteiger charge is 2.18. The van der Waals surface area contributed by atoms with Crippen molar-refractivity contribution in [3.63, 3.8) is 0 Å². The van der Waals surface area contributed by atoms with E-state index in [-0.39, 0.29) is 17.8 Å². The number of benzene rings is 3. The zero-order valence-corrected chi connectivity index (χ0v) is 17.7. The number of nitrogens with one attached hydrogen (secondary N) is 1. The standard InChI is InChI=1S/C23H15ClN4O2S/c24-15-10-11-18-19(12-15)31-23(25-18)26-21(29)20-16-8-4-5-9-17(16)22(30)28(27-20)13-14-6-2-1-3-7-14/h1-12H,13H2,(H,25,26,29). The molecule has 0 aliphatic heterocycles. The van der Waals surface area contributed by atoms with Crippen LogP contribution in [0.1, 0.15) is 16.1 Å². The second-order valence-corrected chi connectivity index (χ2v) is 8.39. The highest BCUT2D eigenvalue weighted by Crippen LogP contribution is 2.28. The Balaban J connectivity index is 1.56. The number of fused-ring (bicyclic) bond motifs is 2. The van der Waals surface area contributed by atoms with Crippen molar-refractivity contribution in [2.75, 3.05) is 5.32 Å². The van der Waals surface area contributed by atoms with Gasteiger partial charge in [0, 0.05) is 10.4 Å². The van der Waals surface area contributed by atoms with Gasteiger partial charge in [-0.3, -0.25) is 14.9 Å². The summed E-state index contributed by atoms with van der Waals surface area (Å²) in [6, 6.07) is 21.9. The normalized spacial score (nSPS) is 11.1. The Morgan fingerprint density at radius 3 is 2.55 bits per heavy atom. The van der Waals surface area contributed by atoms with Gasteiger partial charge in [-0.05, 0) is 29.8 Å². The molecule has 1 amide bonds. The third-order valence-electron chi connectivity index (χ3n) is 4.83. The average molecular weight is 447 g/mol. The van der Waals surface area contributed by atoms with Gasteiger partial charge in [-0.1, -0.05) is 71.5 Å². The maximum absolute atomic E-state index is 13.1. The van der Waals surface area contributed by atoms with Gasteiger partial charge in [-0.2, -0.15) is 5.10 Å². The molecule has 0 saturated carbocycles. The number of carbonyl (C=O) groups is 1. The highest BCUT2D eigenvalue weighted by molar-refractivity contribution is 7.22. The second-order valence-electron chi connectivity index (χ2n) is 6.93. The summed E-state index contributed by atoms with van der Waals surface area (Å²) >= 11 is 7.37. The van der Waals surface area contributed by atoms with E-state index in [9.17, 15) is 9.59 Å². The van der Waals surface area contributed by atoms with Gasteiger partial charge >= 0.3 is 0 Å². The first-order valence-corrected chi connectivity index (χ1v) is 10.7. The predicted molar refractivity (Wildman–Crippen MR) is 124 cm³/mol. The molecule has 5 aromatic rings. The molecule has 0 radical (unpaired) electrons. The molecule has 0 aliphatic carbocycles. The van der Waals surface area contributed by atoms with Crippen molar-refractivity contribution in [2.24, 2.45) is 0 Å². The van der Waals surface area contributed by atoms with Crippen molar-refractivity contribution in [2.45, 2.75) is 6.54 Å². The van der Waals surface area contributed by atoms with Crippen molar-refractivity contribution >= 4 is 55.0 Å². The molecule has 152 valence electrons. The maximum atomic E-state index is 13.1. The number of carbonyl (C=O) groups excluding carboxylic acids is 1. The van der Waals surface area contributed by atoms with E-state index in [0.29, 0.717) is 20.9 Å². The predicted octanol–water partition coefficient (Wildman–Crippen LogP) is 4.96. The number of hydrogen-bond acceptors (Lipinski definition) is 5. The molecular formula is C23H15ClN4O2S. The van der Waals surface area contributed by atoms with E-state index in [1.807, 2.05) is 30.3 Å². The fourth-order valence-corrected chi connectivity index (χ4v) is 4.51. The van der Waals surface area contributed by atoms with Crippen molar-refractivity contribution in [3.8, 4) is 0 Å². The fraction of sp³-hybridized carbons (Fsp3) is 0.0435. The van der Waals surface area contributed by atoms with Gasteiger partial charge in [-0.25, -0.2) is 9.67 Å². The molecule has 0 aliphatic rings. The van der Waals surface area contributed by atoms with Gasteiger partial charge in [0.15, 0.2) is 10.8 Å². The van der Waals surface area contributed by atoms with Crippen molar-refractivity contribution < 1.29 is 4.79 Å². The Labute approximate surface area is 185 Å². The molecule has 0 spiro atoms. The summed E-state index contributed by atoms with van der Waals surface area (Å²) in [5.74, 6) is -0.428. The largest absolute Gasteiger partial charge is 0.296 e. The molecular weight excluding hydrogens is 432 g/mol. The summed E-state index contributed by atoms with van der Waals surface area (Å²) in [6.07, 6.45) is 0. The van der Waals surface area contributed by atoms with Crippen molar-refractivity contribution in [3.05, 3.63) is 99.4 Å². The van der Waals surface area contributed by atoms with Crippen LogP contribution < -0.4 is 10.9 Å². The highest BCUT2D eigenvalue weighted by atomic mass is 35.5. The molecule has 6 nitrogen and oxygen atoms in total. The molecule has 5 rings (SSSR count). The van der Waals surface area contributed by atoms with Crippen molar-refractivity contribution in [1.29, 1.82) is 0 Å². The minimum atomic E-state index is -0.428. The van der Waals surface area contributed by atoms with Crippen LogP contribution in [0.15, 0.2) is 77.6 Å². The molecule has 0 bridgehead atoms. The number of thiazole rings is 1. The van der Waals surface area contributed by atoms with Gasteiger partial charge in [-0.15, -0.1) is 0 Å². The van der Waals surface area contributed by atoms with Crippen LogP contribution in [0.3, 0.4) is 0 Å². The van der Waals surface area contributed by atoms with Crippen molar-refractivity contribution in [1.82, 2.24) is 14.8 Å². The second kappa shape index (κ2) is 7.94. The molecule has 3 aromatic carbocycles. The van der Waals surface area contributed by atoms with Gasteiger partial charge in [0.1, 0.15) is 0 Å². The van der Waals surface area contributed by atoms with E-state index in [1.165, 1.54) is 16.0 Å². The SMILES string of the molecule is O=C(Nc1nc2ccc(Cl)cc2s1)c1nn(Cc2ccccc2)c(=O)c2ccccc12. The lowest BCUT2D eigenvalue weighted by Crippen LogP contribution is -2.28. The lowest BCUT2D eigenvalue weighted by molar-refractivity contribution is 0.102. The average Bonchev–Trinajstić information content (AvgIpc) is 3.17. The van der Waals surface area contributed by atoms with Crippen LogP contribution in [-0.2, 0) is 6.54 Å². The molecule has 0 atom stereocenters. The minimum Gasteiger partial charge on any atom is -0.296 e. The molecule has 2 heterocycles. The fourth-order valence-electron chi connectivity index (χ4n) is 3.37. The van der Waals surface area contributed by atoms with E-state index in [1.54, 1.807) is 42.5 Å². The number of rotatable bonds is 4. The number of anilines is 1. The molecule has 0 saturated heterocycles. The first kappa shape index (κ1) is 19.4. The first-order valence-electron chi connectivity index (χ1n) is 9.50. The smallest absolute Gasteiger partial charge is 0.278 e. The Morgan fingerprint density at radius 1 is 1.00 bits per heavy atom. The number of amides is 1. The lowest BCUT2D eigenvalue weighted by atomic mass is 10.1. The molecule has 1 N–H and O–H groups in total. The third-order valence-corrected chi connectivity index (χ3v) is 6.00. The zero-order valence-electron chi connectivity index (χ0n) is 16.1. The Kier molecular flexibility index (Phi) is 4.97. The Bertz CT molecular complexity index is 1490. The van der Waals surface area contributed by atoms with Crippen LogP contribution in [0.25, 0.3) is 21.0 Å². The molecule has 0 fully saturated rings. The maximum Gasteiger partial charge on any atom is 0.278 e. The minimum absolute atomic E-state index is 0.170. The molecule has 0 unspecified atom stereocenters. The monoisotopic (exact) mass is 446 g/mol.